The van der Waals surface area contributed by atoms with Gasteiger partial charge in [0, 0.05) is 24.7 Å². The molecule has 1 amide bonds. The van der Waals surface area contributed by atoms with Gasteiger partial charge in [-0.05, 0) is 75.8 Å². The van der Waals surface area contributed by atoms with Crippen molar-refractivity contribution in [2.75, 3.05) is 6.54 Å². The number of carbonyl (C=O) groups is 2. The lowest BCUT2D eigenvalue weighted by Crippen LogP contribution is -2.44. The fourth-order valence-corrected chi connectivity index (χ4v) is 3.92. The van der Waals surface area contributed by atoms with Crippen molar-refractivity contribution < 1.29 is 14.7 Å². The van der Waals surface area contributed by atoms with Crippen molar-refractivity contribution in [2.24, 2.45) is 0 Å². The third kappa shape index (κ3) is 4.38. The number of aromatic nitrogens is 2. The molecule has 1 aromatic carbocycles. The summed E-state index contributed by atoms with van der Waals surface area (Å²) in [4.78, 5) is 25.8. The molecule has 27 heavy (non-hydrogen) atoms. The summed E-state index contributed by atoms with van der Waals surface area (Å²) < 4.78 is 1.81. The van der Waals surface area contributed by atoms with Crippen LogP contribution in [-0.2, 0) is 4.79 Å². The topological polar surface area (TPSA) is 75.4 Å². The van der Waals surface area contributed by atoms with Crippen molar-refractivity contribution >= 4 is 11.9 Å². The predicted molar refractivity (Wildman–Crippen MR) is 103 cm³/mol. The van der Waals surface area contributed by atoms with Crippen LogP contribution < -0.4 is 0 Å². The molecule has 2 heterocycles. The lowest BCUT2D eigenvalue weighted by molar-refractivity contribution is -0.137. The van der Waals surface area contributed by atoms with E-state index in [2.05, 4.69) is 23.3 Å². The van der Waals surface area contributed by atoms with Crippen LogP contribution in [0.2, 0.25) is 0 Å². The summed E-state index contributed by atoms with van der Waals surface area (Å²) in [5.41, 5.74) is 4.58. The van der Waals surface area contributed by atoms with Gasteiger partial charge in [-0.15, -0.1) is 0 Å². The van der Waals surface area contributed by atoms with Gasteiger partial charge in [0.2, 0.25) is 0 Å². The first-order valence-corrected chi connectivity index (χ1v) is 9.53. The molecule has 0 saturated carbocycles. The summed E-state index contributed by atoms with van der Waals surface area (Å²) in [7, 11) is 0. The van der Waals surface area contributed by atoms with E-state index in [1.54, 1.807) is 0 Å². The van der Waals surface area contributed by atoms with E-state index in [9.17, 15) is 9.59 Å². The van der Waals surface area contributed by atoms with Gasteiger partial charge in [-0.2, -0.15) is 5.10 Å². The molecule has 1 aliphatic heterocycles. The number of amides is 1. The number of piperidine rings is 1. The molecule has 6 nitrogen and oxygen atoms in total. The fourth-order valence-electron chi connectivity index (χ4n) is 3.92. The smallest absolute Gasteiger partial charge is 0.303 e. The average Bonchev–Trinajstić information content (AvgIpc) is 3.00. The Hall–Kier alpha value is -2.63. The van der Waals surface area contributed by atoms with Crippen LogP contribution in [0.15, 0.2) is 24.3 Å². The molecule has 144 valence electrons. The van der Waals surface area contributed by atoms with Crippen molar-refractivity contribution in [3.8, 4) is 5.69 Å². The third-order valence-electron chi connectivity index (χ3n) is 5.14. The second-order valence-electron chi connectivity index (χ2n) is 7.51. The van der Waals surface area contributed by atoms with Crippen LogP contribution in [0, 0.1) is 20.8 Å². The van der Waals surface area contributed by atoms with Crippen LogP contribution in [0.4, 0.5) is 0 Å². The molecule has 6 heteroatoms. The van der Waals surface area contributed by atoms with Gasteiger partial charge in [0.25, 0.3) is 5.91 Å². The summed E-state index contributed by atoms with van der Waals surface area (Å²) in [5.74, 6) is -0.917. The van der Waals surface area contributed by atoms with Crippen molar-refractivity contribution in [2.45, 2.75) is 58.9 Å². The Labute approximate surface area is 159 Å². The normalized spacial score (nSPS) is 17.1. The number of likely N-dealkylation sites (tertiary alicyclic amines) is 1. The SMILES string of the molecule is Cc1cc(C)cc(-n2nc(C(=O)N3CCCCC3CCC(=O)O)cc2C)c1. The standard InChI is InChI=1S/C21H27N3O3/c1-14-10-15(2)12-18(11-14)24-16(3)13-19(22-24)21(27)23-9-5-4-6-17(23)7-8-20(25)26/h10-13,17H,4-9H2,1-3H3,(H,25,26). The Morgan fingerprint density at radius 1 is 1.11 bits per heavy atom. The number of carbonyl (C=O) groups excluding carboxylic acids is 1. The lowest BCUT2D eigenvalue weighted by Gasteiger charge is -2.35. The Morgan fingerprint density at radius 2 is 1.81 bits per heavy atom. The second kappa shape index (κ2) is 7.94. The molecule has 1 aromatic heterocycles. The zero-order chi connectivity index (χ0) is 19.6. The minimum absolute atomic E-state index is 0.0194. The molecule has 1 N–H and O–H groups in total. The average molecular weight is 369 g/mol. The number of nitrogens with zero attached hydrogens (tertiary/aromatic N) is 3. The number of aliphatic carboxylic acids is 1. The minimum atomic E-state index is -0.817. The van der Waals surface area contributed by atoms with Gasteiger partial charge in [-0.25, -0.2) is 4.68 Å². The van der Waals surface area contributed by atoms with Gasteiger partial charge in [-0.1, -0.05) is 6.07 Å². The van der Waals surface area contributed by atoms with Crippen molar-refractivity contribution in [1.82, 2.24) is 14.7 Å². The molecule has 1 saturated heterocycles. The maximum atomic E-state index is 13.1. The van der Waals surface area contributed by atoms with Crippen LogP contribution in [-0.4, -0.2) is 44.3 Å². The molecule has 0 spiro atoms. The first-order valence-electron chi connectivity index (χ1n) is 9.53. The van der Waals surface area contributed by atoms with Crippen LogP contribution in [0.3, 0.4) is 0 Å². The zero-order valence-corrected chi connectivity index (χ0v) is 16.2. The summed E-state index contributed by atoms with van der Waals surface area (Å²) in [6.45, 7) is 6.70. The van der Waals surface area contributed by atoms with Crippen LogP contribution in [0.5, 0.6) is 0 Å². The van der Waals surface area contributed by atoms with E-state index in [1.165, 1.54) is 0 Å². The predicted octanol–water partition coefficient (Wildman–Crippen LogP) is 3.66. The number of benzene rings is 1. The Bertz CT molecular complexity index is 836. The van der Waals surface area contributed by atoms with E-state index in [-0.39, 0.29) is 18.4 Å². The number of rotatable bonds is 5. The zero-order valence-electron chi connectivity index (χ0n) is 16.2. The largest absolute Gasteiger partial charge is 0.481 e. The molecule has 1 fully saturated rings. The van der Waals surface area contributed by atoms with Crippen LogP contribution >= 0.6 is 0 Å². The highest BCUT2D eigenvalue weighted by molar-refractivity contribution is 5.92. The van der Waals surface area contributed by atoms with E-state index < -0.39 is 5.97 Å². The molecule has 3 rings (SSSR count). The lowest BCUT2D eigenvalue weighted by atomic mass is 9.97. The Balaban J connectivity index is 1.85. The maximum Gasteiger partial charge on any atom is 0.303 e. The number of hydrogen-bond donors (Lipinski definition) is 1. The highest BCUT2D eigenvalue weighted by Crippen LogP contribution is 2.24. The molecular formula is C21H27N3O3. The monoisotopic (exact) mass is 369 g/mol. The van der Waals surface area contributed by atoms with Gasteiger partial charge < -0.3 is 10.0 Å². The van der Waals surface area contributed by atoms with E-state index in [0.717, 1.165) is 41.8 Å². The summed E-state index contributed by atoms with van der Waals surface area (Å²) >= 11 is 0. The van der Waals surface area contributed by atoms with E-state index in [4.69, 9.17) is 5.11 Å². The third-order valence-corrected chi connectivity index (χ3v) is 5.14. The summed E-state index contributed by atoms with van der Waals surface area (Å²) in [6, 6.07) is 8.02. The Morgan fingerprint density at radius 3 is 2.48 bits per heavy atom. The molecule has 1 aliphatic rings. The molecule has 0 aliphatic carbocycles. The number of hydrogen-bond acceptors (Lipinski definition) is 3. The number of carboxylic acids is 1. The molecular weight excluding hydrogens is 342 g/mol. The quantitative estimate of drug-likeness (QED) is 0.873. The number of carboxylic acid groups (broad SMARTS) is 1. The molecule has 0 radical (unpaired) electrons. The molecule has 1 unspecified atom stereocenters. The highest BCUT2D eigenvalue weighted by Gasteiger charge is 2.29. The summed E-state index contributed by atoms with van der Waals surface area (Å²) in [6.07, 6.45) is 3.42. The first-order chi connectivity index (χ1) is 12.8. The molecule has 2 aromatic rings. The van der Waals surface area contributed by atoms with Crippen LogP contribution in [0.25, 0.3) is 5.69 Å². The number of aryl methyl sites for hydroxylation is 3. The fraction of sp³-hybridized carbons (Fsp3) is 0.476. The van der Waals surface area contributed by atoms with Gasteiger partial charge >= 0.3 is 5.97 Å². The van der Waals surface area contributed by atoms with Crippen molar-refractivity contribution in [1.29, 1.82) is 0 Å². The van der Waals surface area contributed by atoms with Gasteiger partial charge in [0.05, 0.1) is 5.69 Å². The van der Waals surface area contributed by atoms with Crippen molar-refractivity contribution in [3.05, 3.63) is 46.8 Å². The first kappa shape index (κ1) is 19.1. The van der Waals surface area contributed by atoms with Gasteiger partial charge in [0.1, 0.15) is 0 Å². The minimum Gasteiger partial charge on any atom is -0.481 e. The van der Waals surface area contributed by atoms with Crippen molar-refractivity contribution in [3.63, 3.8) is 0 Å². The van der Waals surface area contributed by atoms with Gasteiger partial charge in [-0.3, -0.25) is 9.59 Å². The van der Waals surface area contributed by atoms with E-state index >= 15 is 0 Å². The second-order valence-corrected chi connectivity index (χ2v) is 7.51. The van der Waals surface area contributed by atoms with Gasteiger partial charge in [0.15, 0.2) is 5.69 Å². The Kier molecular flexibility index (Phi) is 5.63. The van der Waals surface area contributed by atoms with Crippen LogP contribution in [0.1, 0.15) is 59.4 Å². The molecule has 1 atom stereocenters. The highest BCUT2D eigenvalue weighted by atomic mass is 16.4. The maximum absolute atomic E-state index is 13.1. The van der Waals surface area contributed by atoms with E-state index in [0.29, 0.717) is 18.7 Å². The summed E-state index contributed by atoms with van der Waals surface area (Å²) in [5, 5.41) is 13.6. The van der Waals surface area contributed by atoms with E-state index in [1.807, 2.05) is 36.4 Å². The molecule has 0 bridgehead atoms.